The van der Waals surface area contributed by atoms with Gasteiger partial charge in [0.15, 0.2) is 6.04 Å². The summed E-state index contributed by atoms with van der Waals surface area (Å²) in [5.41, 5.74) is 1.28. The van der Waals surface area contributed by atoms with Crippen LogP contribution in [-0.2, 0) is 4.79 Å². The topological polar surface area (TPSA) is 112 Å². The fourth-order valence-corrected chi connectivity index (χ4v) is 1.10. The van der Waals surface area contributed by atoms with Crippen LogP contribution in [-0.4, -0.2) is 39.8 Å². The molecular formula is C10H13N3O4. The van der Waals surface area contributed by atoms with E-state index in [2.05, 4.69) is 15.6 Å². The first-order chi connectivity index (χ1) is 8.04. The second kappa shape index (κ2) is 5.80. The number of aliphatic hydroxyl groups is 1. The van der Waals surface area contributed by atoms with Gasteiger partial charge >= 0.3 is 12.0 Å². The number of aromatic nitrogens is 1. The number of anilines is 1. The molecule has 0 saturated carbocycles. The van der Waals surface area contributed by atoms with Gasteiger partial charge in [-0.1, -0.05) is 0 Å². The predicted octanol–water partition coefficient (Wildman–Crippen LogP) is -0.0430. The molecule has 4 N–H and O–H groups in total. The van der Waals surface area contributed by atoms with Gasteiger partial charge in [0.25, 0.3) is 0 Å². The summed E-state index contributed by atoms with van der Waals surface area (Å²) in [6, 6.07) is -0.328. The first-order valence-electron chi connectivity index (χ1n) is 4.86. The van der Waals surface area contributed by atoms with Gasteiger partial charge in [-0.2, -0.15) is 0 Å². The molecule has 1 heterocycles. The third kappa shape index (κ3) is 3.72. The number of carbonyl (C=O) groups is 2. The van der Waals surface area contributed by atoms with Gasteiger partial charge in [-0.3, -0.25) is 4.98 Å². The molecule has 1 rings (SSSR count). The van der Waals surface area contributed by atoms with Gasteiger partial charge < -0.3 is 20.8 Å². The van der Waals surface area contributed by atoms with Gasteiger partial charge in [0.05, 0.1) is 18.5 Å². The number of carboxylic acids is 1. The van der Waals surface area contributed by atoms with E-state index in [9.17, 15) is 9.59 Å². The van der Waals surface area contributed by atoms with E-state index in [4.69, 9.17) is 10.2 Å². The van der Waals surface area contributed by atoms with Crippen LogP contribution in [0.3, 0.4) is 0 Å². The molecule has 1 atom stereocenters. The average molecular weight is 239 g/mol. The fourth-order valence-electron chi connectivity index (χ4n) is 1.10. The molecule has 0 spiro atoms. The second-order valence-corrected chi connectivity index (χ2v) is 3.36. The quantitative estimate of drug-likeness (QED) is 0.589. The second-order valence-electron chi connectivity index (χ2n) is 3.36. The Hall–Kier alpha value is -2.15. The molecule has 7 heteroatoms. The highest BCUT2D eigenvalue weighted by molar-refractivity contribution is 5.92. The van der Waals surface area contributed by atoms with E-state index in [-0.39, 0.29) is 0 Å². The number of urea groups is 1. The highest BCUT2D eigenvalue weighted by Gasteiger charge is 2.18. The van der Waals surface area contributed by atoms with E-state index < -0.39 is 24.6 Å². The molecule has 0 fully saturated rings. The van der Waals surface area contributed by atoms with Gasteiger partial charge in [-0.05, 0) is 18.6 Å². The van der Waals surface area contributed by atoms with E-state index in [1.165, 1.54) is 6.20 Å². The number of rotatable bonds is 4. The maximum absolute atomic E-state index is 11.4. The number of nitrogens with zero attached hydrogens (tertiary/aromatic N) is 1. The minimum atomic E-state index is -1.33. The molecule has 0 saturated heterocycles. The molecule has 17 heavy (non-hydrogen) atoms. The van der Waals surface area contributed by atoms with E-state index in [1.807, 2.05) is 0 Å². The molecule has 0 aliphatic carbocycles. The van der Waals surface area contributed by atoms with Gasteiger partial charge in [0, 0.05) is 6.20 Å². The Bertz CT molecular complexity index is 422. The summed E-state index contributed by atoms with van der Waals surface area (Å²) in [4.78, 5) is 25.8. The van der Waals surface area contributed by atoms with Gasteiger partial charge in [0.2, 0.25) is 0 Å². The Morgan fingerprint density at radius 2 is 2.24 bits per heavy atom. The Balaban J connectivity index is 2.61. The zero-order valence-electron chi connectivity index (χ0n) is 9.17. The van der Waals surface area contributed by atoms with Crippen molar-refractivity contribution in [3.8, 4) is 0 Å². The van der Waals surface area contributed by atoms with Crippen LogP contribution in [0.25, 0.3) is 0 Å². The van der Waals surface area contributed by atoms with Crippen LogP contribution in [0.5, 0.6) is 0 Å². The van der Waals surface area contributed by atoms with Gasteiger partial charge in [-0.15, -0.1) is 0 Å². The summed E-state index contributed by atoms with van der Waals surface area (Å²) in [5.74, 6) is -1.30. The molecule has 0 aliphatic heterocycles. The highest BCUT2D eigenvalue weighted by Crippen LogP contribution is 2.10. The average Bonchev–Trinajstić information content (AvgIpc) is 2.28. The monoisotopic (exact) mass is 239 g/mol. The zero-order chi connectivity index (χ0) is 12.8. The summed E-state index contributed by atoms with van der Waals surface area (Å²) in [6.07, 6.45) is 3.02. The van der Waals surface area contributed by atoms with Crippen molar-refractivity contribution in [2.45, 2.75) is 13.0 Å². The highest BCUT2D eigenvalue weighted by atomic mass is 16.4. The number of nitrogens with one attached hydrogen (secondary N) is 2. The van der Waals surface area contributed by atoms with Crippen LogP contribution in [0, 0.1) is 6.92 Å². The van der Waals surface area contributed by atoms with Crippen LogP contribution in [0.4, 0.5) is 10.5 Å². The standard InChI is InChI=1S/C10H13N3O4/c1-6-2-3-11-4-7(6)12-10(17)13-8(5-14)9(15)16/h2-4,8,14H,5H2,1H3,(H,15,16)(H2,12,13,17). The van der Waals surface area contributed by atoms with Crippen molar-refractivity contribution in [3.63, 3.8) is 0 Å². The Morgan fingerprint density at radius 3 is 2.76 bits per heavy atom. The normalized spacial score (nSPS) is 11.6. The number of aliphatic carboxylic acids is 1. The number of carboxylic acid groups (broad SMARTS) is 1. The SMILES string of the molecule is Cc1ccncc1NC(=O)NC(CO)C(=O)O. The number of hydrogen-bond donors (Lipinski definition) is 4. The Labute approximate surface area is 97.5 Å². The van der Waals surface area contributed by atoms with E-state index in [0.717, 1.165) is 5.56 Å². The molecule has 0 bridgehead atoms. The van der Waals surface area contributed by atoms with E-state index in [0.29, 0.717) is 5.69 Å². The lowest BCUT2D eigenvalue weighted by Gasteiger charge is -2.13. The number of pyridine rings is 1. The van der Waals surface area contributed by atoms with Crippen molar-refractivity contribution in [2.24, 2.45) is 0 Å². The van der Waals surface area contributed by atoms with Crippen LogP contribution >= 0.6 is 0 Å². The molecule has 1 aromatic heterocycles. The summed E-state index contributed by atoms with van der Waals surface area (Å²) in [6.45, 7) is 1.10. The van der Waals surface area contributed by atoms with Crippen LogP contribution in [0.1, 0.15) is 5.56 Å². The van der Waals surface area contributed by atoms with Crippen molar-refractivity contribution >= 4 is 17.7 Å². The van der Waals surface area contributed by atoms with Crippen molar-refractivity contribution in [1.29, 1.82) is 0 Å². The van der Waals surface area contributed by atoms with Gasteiger partial charge in [-0.25, -0.2) is 9.59 Å². The van der Waals surface area contributed by atoms with Crippen LogP contribution in [0.15, 0.2) is 18.5 Å². The summed E-state index contributed by atoms with van der Waals surface area (Å²) in [7, 11) is 0. The molecule has 2 amide bonds. The number of aryl methyl sites for hydroxylation is 1. The minimum Gasteiger partial charge on any atom is -0.480 e. The van der Waals surface area contributed by atoms with E-state index >= 15 is 0 Å². The predicted molar refractivity (Wildman–Crippen MR) is 59.6 cm³/mol. The lowest BCUT2D eigenvalue weighted by Crippen LogP contribution is -2.45. The molecule has 0 aliphatic rings. The Kier molecular flexibility index (Phi) is 4.41. The molecular weight excluding hydrogens is 226 g/mol. The van der Waals surface area contributed by atoms with Crippen molar-refractivity contribution in [2.75, 3.05) is 11.9 Å². The maximum atomic E-state index is 11.4. The smallest absolute Gasteiger partial charge is 0.328 e. The third-order valence-electron chi connectivity index (χ3n) is 2.07. The van der Waals surface area contributed by atoms with E-state index in [1.54, 1.807) is 19.2 Å². The molecule has 0 aromatic carbocycles. The van der Waals surface area contributed by atoms with Gasteiger partial charge in [0.1, 0.15) is 0 Å². The molecule has 92 valence electrons. The molecule has 1 unspecified atom stereocenters. The zero-order valence-corrected chi connectivity index (χ0v) is 9.17. The molecule has 0 radical (unpaired) electrons. The summed E-state index contributed by atoms with van der Waals surface area (Å²) in [5, 5.41) is 21.9. The summed E-state index contributed by atoms with van der Waals surface area (Å²) < 4.78 is 0. The van der Waals surface area contributed by atoms with Crippen molar-refractivity contribution in [1.82, 2.24) is 10.3 Å². The van der Waals surface area contributed by atoms with Crippen LogP contribution in [0.2, 0.25) is 0 Å². The molecule has 1 aromatic rings. The number of amides is 2. The lowest BCUT2D eigenvalue weighted by molar-refractivity contribution is -0.140. The third-order valence-corrected chi connectivity index (χ3v) is 2.07. The van der Waals surface area contributed by atoms with Crippen molar-refractivity contribution < 1.29 is 19.8 Å². The maximum Gasteiger partial charge on any atom is 0.328 e. The van der Waals surface area contributed by atoms with Crippen LogP contribution < -0.4 is 10.6 Å². The number of aliphatic hydroxyl groups excluding tert-OH is 1. The fraction of sp³-hybridized carbons (Fsp3) is 0.300. The lowest BCUT2D eigenvalue weighted by atomic mass is 10.2. The Morgan fingerprint density at radius 1 is 1.53 bits per heavy atom. The first kappa shape index (κ1) is 12.9. The summed E-state index contributed by atoms with van der Waals surface area (Å²) >= 11 is 0. The minimum absolute atomic E-state index is 0.479. The first-order valence-corrected chi connectivity index (χ1v) is 4.86. The molecule has 7 nitrogen and oxygen atoms in total. The largest absolute Gasteiger partial charge is 0.480 e. The van der Waals surface area contributed by atoms with Crippen molar-refractivity contribution in [3.05, 3.63) is 24.0 Å². The number of carbonyl (C=O) groups excluding carboxylic acids is 1. The number of hydrogen-bond acceptors (Lipinski definition) is 4.